The smallest absolute Gasteiger partial charge is 0.270 e. The number of nitrogens with zero attached hydrogens (tertiary/aromatic N) is 1. The minimum Gasteiger partial charge on any atom is -0.279 e. The number of hydrogen-bond acceptors (Lipinski definition) is 4. The average Bonchev–Trinajstić information content (AvgIpc) is 2.42. The molecule has 0 unspecified atom stereocenters. The van der Waals surface area contributed by atoms with E-state index in [-0.39, 0.29) is 10.6 Å². The van der Waals surface area contributed by atoms with Crippen LogP contribution in [0.4, 0.5) is 11.4 Å². The maximum absolute atomic E-state index is 12.5. The van der Waals surface area contributed by atoms with Gasteiger partial charge in [-0.2, -0.15) is 0 Å². The fourth-order valence-electron chi connectivity index (χ4n) is 1.93. The van der Waals surface area contributed by atoms with Gasteiger partial charge in [-0.05, 0) is 65.8 Å². The molecule has 0 radical (unpaired) electrons. The van der Waals surface area contributed by atoms with Crippen LogP contribution in [-0.2, 0) is 10.0 Å². The molecule has 2 aromatic carbocycles. The molecule has 0 aliphatic heterocycles. The van der Waals surface area contributed by atoms with Gasteiger partial charge >= 0.3 is 0 Å². The van der Waals surface area contributed by atoms with Gasteiger partial charge in [0.2, 0.25) is 0 Å². The Morgan fingerprint density at radius 3 is 2.36 bits per heavy atom. The minimum atomic E-state index is -3.89. The Hall–Kier alpha value is -1.68. The Bertz CT molecular complexity index is 850. The molecule has 0 aliphatic carbocycles. The number of aryl methyl sites for hydroxylation is 2. The number of nitro groups is 1. The third kappa shape index (κ3) is 3.55. The molecule has 0 bridgehead atoms. The quantitative estimate of drug-likeness (QED) is 0.454. The second-order valence-corrected chi connectivity index (χ2v) is 7.67. The highest BCUT2D eigenvalue weighted by Crippen LogP contribution is 2.26. The van der Waals surface area contributed by atoms with E-state index in [0.717, 1.165) is 15.2 Å². The lowest BCUT2D eigenvalue weighted by Crippen LogP contribution is -2.15. The molecule has 0 saturated heterocycles. The summed E-state index contributed by atoms with van der Waals surface area (Å²) in [4.78, 5) is 10.1. The summed E-state index contributed by atoms with van der Waals surface area (Å²) in [7, 11) is -3.89. The monoisotopic (exact) mass is 432 g/mol. The first-order valence-electron chi connectivity index (χ1n) is 6.25. The number of anilines is 1. The summed E-state index contributed by atoms with van der Waals surface area (Å²) < 4.78 is 28.5. The zero-order chi connectivity index (χ0) is 16.5. The topological polar surface area (TPSA) is 89.3 Å². The molecule has 0 atom stereocenters. The second kappa shape index (κ2) is 6.21. The Morgan fingerprint density at radius 1 is 1.09 bits per heavy atom. The highest BCUT2D eigenvalue weighted by molar-refractivity contribution is 14.1. The molecule has 0 spiro atoms. The van der Waals surface area contributed by atoms with E-state index in [2.05, 4.69) is 27.3 Å². The normalized spacial score (nSPS) is 11.2. The molecular weight excluding hydrogens is 419 g/mol. The van der Waals surface area contributed by atoms with E-state index in [4.69, 9.17) is 0 Å². The van der Waals surface area contributed by atoms with Gasteiger partial charge in [0, 0.05) is 15.7 Å². The first-order chi connectivity index (χ1) is 10.2. The summed E-state index contributed by atoms with van der Waals surface area (Å²) in [5, 5.41) is 10.8. The molecule has 0 heterocycles. The van der Waals surface area contributed by atoms with Gasteiger partial charge < -0.3 is 0 Å². The predicted molar refractivity (Wildman–Crippen MR) is 92.5 cm³/mol. The summed E-state index contributed by atoms with van der Waals surface area (Å²) >= 11 is 2.14. The Labute approximate surface area is 141 Å². The standard InChI is InChI=1S/C14H13IN2O4S/c1-9-3-5-12(17(18)19)8-14(9)22(20,21)16-13-6-4-11(15)7-10(13)2/h3-8,16H,1-2H3. The molecule has 0 saturated carbocycles. The van der Waals surface area contributed by atoms with Crippen LogP contribution in [0.3, 0.4) is 0 Å². The Balaban J connectivity index is 2.46. The first kappa shape index (κ1) is 16.7. The van der Waals surface area contributed by atoms with Crippen LogP contribution in [0, 0.1) is 27.5 Å². The van der Waals surface area contributed by atoms with Crippen molar-refractivity contribution in [1.82, 2.24) is 0 Å². The third-order valence-corrected chi connectivity index (χ3v) is 5.28. The SMILES string of the molecule is Cc1cc(I)ccc1NS(=O)(=O)c1cc([N+](=O)[O-])ccc1C. The zero-order valence-corrected chi connectivity index (χ0v) is 14.8. The fraction of sp³-hybridized carbons (Fsp3) is 0.143. The Kier molecular flexibility index (Phi) is 4.71. The van der Waals surface area contributed by atoms with Gasteiger partial charge in [0.25, 0.3) is 15.7 Å². The van der Waals surface area contributed by atoms with Crippen LogP contribution in [0.25, 0.3) is 0 Å². The Morgan fingerprint density at radius 2 is 1.77 bits per heavy atom. The van der Waals surface area contributed by atoms with Crippen molar-refractivity contribution in [3.63, 3.8) is 0 Å². The van der Waals surface area contributed by atoms with Crippen LogP contribution in [-0.4, -0.2) is 13.3 Å². The number of halogens is 1. The molecule has 1 N–H and O–H groups in total. The molecule has 116 valence electrons. The van der Waals surface area contributed by atoms with Crippen LogP contribution < -0.4 is 4.72 Å². The van der Waals surface area contributed by atoms with E-state index in [1.807, 2.05) is 6.07 Å². The highest BCUT2D eigenvalue weighted by Gasteiger charge is 2.21. The molecular formula is C14H13IN2O4S. The van der Waals surface area contributed by atoms with Gasteiger partial charge in [-0.25, -0.2) is 8.42 Å². The van der Waals surface area contributed by atoms with Gasteiger partial charge in [-0.3, -0.25) is 14.8 Å². The lowest BCUT2D eigenvalue weighted by atomic mass is 10.2. The number of sulfonamides is 1. The fourth-order valence-corrected chi connectivity index (χ4v) is 3.98. The van der Waals surface area contributed by atoms with Gasteiger partial charge in [0.1, 0.15) is 0 Å². The number of rotatable bonds is 4. The number of nitrogens with one attached hydrogen (secondary N) is 1. The maximum Gasteiger partial charge on any atom is 0.270 e. The van der Waals surface area contributed by atoms with E-state index >= 15 is 0 Å². The molecule has 0 amide bonds. The number of benzene rings is 2. The summed E-state index contributed by atoms with van der Waals surface area (Å²) in [5.41, 5.74) is 1.41. The summed E-state index contributed by atoms with van der Waals surface area (Å²) in [6.45, 7) is 3.39. The van der Waals surface area contributed by atoms with Crippen molar-refractivity contribution in [2.24, 2.45) is 0 Å². The van der Waals surface area contributed by atoms with Crippen LogP contribution in [0.5, 0.6) is 0 Å². The first-order valence-corrected chi connectivity index (χ1v) is 8.81. The number of nitro benzene ring substituents is 1. The van der Waals surface area contributed by atoms with E-state index in [9.17, 15) is 18.5 Å². The maximum atomic E-state index is 12.5. The van der Waals surface area contributed by atoms with Crippen molar-refractivity contribution in [2.75, 3.05) is 4.72 Å². The van der Waals surface area contributed by atoms with E-state index < -0.39 is 14.9 Å². The van der Waals surface area contributed by atoms with E-state index in [1.165, 1.54) is 12.1 Å². The largest absolute Gasteiger partial charge is 0.279 e. The van der Waals surface area contributed by atoms with E-state index in [1.54, 1.807) is 26.0 Å². The number of non-ortho nitro benzene ring substituents is 1. The van der Waals surface area contributed by atoms with Crippen molar-refractivity contribution in [1.29, 1.82) is 0 Å². The van der Waals surface area contributed by atoms with Crippen molar-refractivity contribution >= 4 is 44.0 Å². The molecule has 0 fully saturated rings. The third-order valence-electron chi connectivity index (χ3n) is 3.10. The van der Waals surface area contributed by atoms with Crippen LogP contribution >= 0.6 is 22.6 Å². The van der Waals surface area contributed by atoms with Gasteiger partial charge in [0.05, 0.1) is 15.5 Å². The lowest BCUT2D eigenvalue weighted by Gasteiger charge is -2.12. The average molecular weight is 432 g/mol. The molecule has 22 heavy (non-hydrogen) atoms. The zero-order valence-electron chi connectivity index (χ0n) is 11.8. The molecule has 0 aliphatic rings. The molecule has 6 nitrogen and oxygen atoms in total. The minimum absolute atomic E-state index is 0.0975. The van der Waals surface area contributed by atoms with Crippen molar-refractivity contribution in [3.05, 3.63) is 61.2 Å². The van der Waals surface area contributed by atoms with E-state index in [0.29, 0.717) is 11.3 Å². The number of hydrogen-bond donors (Lipinski definition) is 1. The summed E-state index contributed by atoms with van der Waals surface area (Å²) in [5.74, 6) is 0. The molecule has 2 rings (SSSR count). The van der Waals surface area contributed by atoms with Gasteiger partial charge in [-0.15, -0.1) is 0 Å². The summed E-state index contributed by atoms with van der Waals surface area (Å²) in [6.07, 6.45) is 0. The summed E-state index contributed by atoms with van der Waals surface area (Å²) in [6, 6.07) is 9.07. The molecule has 8 heteroatoms. The molecule has 0 aromatic heterocycles. The van der Waals surface area contributed by atoms with Gasteiger partial charge in [-0.1, -0.05) is 6.07 Å². The molecule has 2 aromatic rings. The van der Waals surface area contributed by atoms with Crippen LogP contribution in [0.1, 0.15) is 11.1 Å². The highest BCUT2D eigenvalue weighted by atomic mass is 127. The van der Waals surface area contributed by atoms with Crippen molar-refractivity contribution in [3.8, 4) is 0 Å². The van der Waals surface area contributed by atoms with Crippen molar-refractivity contribution < 1.29 is 13.3 Å². The van der Waals surface area contributed by atoms with Crippen LogP contribution in [0.15, 0.2) is 41.3 Å². The predicted octanol–water partition coefficient (Wildman–Crippen LogP) is 3.62. The van der Waals surface area contributed by atoms with Gasteiger partial charge in [0.15, 0.2) is 0 Å². The lowest BCUT2D eigenvalue weighted by molar-refractivity contribution is -0.385. The van der Waals surface area contributed by atoms with Crippen molar-refractivity contribution in [2.45, 2.75) is 18.7 Å². The second-order valence-electron chi connectivity index (χ2n) is 4.77. The van der Waals surface area contributed by atoms with Crippen LogP contribution in [0.2, 0.25) is 0 Å².